The summed E-state index contributed by atoms with van der Waals surface area (Å²) in [5.74, 6) is -0.444. The van der Waals surface area contributed by atoms with Crippen molar-refractivity contribution in [3.05, 3.63) is 50.7 Å². The molecule has 2 rings (SSSR count). The first-order valence-corrected chi connectivity index (χ1v) is 5.62. The van der Waals surface area contributed by atoms with Gasteiger partial charge in [-0.25, -0.2) is 9.82 Å². The average Bonchev–Trinajstić information content (AvgIpc) is 2.37. The van der Waals surface area contributed by atoms with Crippen molar-refractivity contribution in [2.24, 2.45) is 5.10 Å². The summed E-state index contributed by atoms with van der Waals surface area (Å²) >= 11 is 5.81. The highest BCUT2D eigenvalue weighted by Gasteiger charge is 2.03. The van der Waals surface area contributed by atoms with Crippen LogP contribution in [0.1, 0.15) is 11.3 Å². The van der Waals surface area contributed by atoms with Crippen molar-refractivity contribution in [1.29, 1.82) is 0 Å². The summed E-state index contributed by atoms with van der Waals surface area (Å²) in [5.41, 5.74) is 2.43. The third kappa shape index (κ3) is 3.14. The van der Waals surface area contributed by atoms with Crippen molar-refractivity contribution in [2.75, 3.05) is 5.43 Å². The van der Waals surface area contributed by atoms with Crippen molar-refractivity contribution in [3.8, 4) is 0 Å². The molecule has 0 unspecified atom stereocenters. The number of aromatic nitrogens is 3. The van der Waals surface area contributed by atoms with Gasteiger partial charge in [0.2, 0.25) is 5.95 Å². The van der Waals surface area contributed by atoms with E-state index in [4.69, 9.17) is 11.6 Å². The summed E-state index contributed by atoms with van der Waals surface area (Å²) in [6, 6.07) is 4.30. The number of anilines is 1. The minimum atomic E-state index is -0.499. The third-order valence-corrected chi connectivity index (χ3v) is 2.55. The smallest absolute Gasteiger partial charge is 0.274 e. The molecule has 1 aromatic carbocycles. The number of aryl methyl sites for hydroxylation is 1. The molecule has 0 radical (unpaired) electrons. The number of hydrazone groups is 1. The van der Waals surface area contributed by atoms with Crippen LogP contribution in [0.5, 0.6) is 0 Å². The van der Waals surface area contributed by atoms with E-state index >= 15 is 0 Å². The normalized spacial score (nSPS) is 10.9. The number of benzene rings is 1. The second kappa shape index (κ2) is 5.57. The molecule has 2 N–H and O–H groups in total. The number of rotatable bonds is 3. The molecule has 0 amide bonds. The molecule has 98 valence electrons. The molecule has 2 aromatic rings. The molecule has 8 heteroatoms. The van der Waals surface area contributed by atoms with Crippen molar-refractivity contribution >= 4 is 23.8 Å². The van der Waals surface area contributed by atoms with Crippen LogP contribution in [0.3, 0.4) is 0 Å². The topological polar surface area (TPSA) is 83.0 Å². The van der Waals surface area contributed by atoms with E-state index in [2.05, 4.69) is 25.7 Å². The zero-order valence-corrected chi connectivity index (χ0v) is 10.6. The van der Waals surface area contributed by atoms with E-state index in [1.165, 1.54) is 25.3 Å². The van der Waals surface area contributed by atoms with Crippen molar-refractivity contribution in [1.82, 2.24) is 15.2 Å². The molecule has 1 aromatic heterocycles. The van der Waals surface area contributed by atoms with Gasteiger partial charge in [-0.3, -0.25) is 9.78 Å². The van der Waals surface area contributed by atoms with Gasteiger partial charge in [-0.2, -0.15) is 5.10 Å². The molecule has 0 atom stereocenters. The second-order valence-electron chi connectivity index (χ2n) is 3.59. The summed E-state index contributed by atoms with van der Waals surface area (Å²) in [5, 5.41) is 11.2. The molecule has 0 aliphatic carbocycles. The first-order chi connectivity index (χ1) is 9.08. The van der Waals surface area contributed by atoms with Crippen LogP contribution in [0, 0.1) is 12.7 Å². The Morgan fingerprint density at radius 2 is 2.26 bits per heavy atom. The Hall–Kier alpha value is -2.28. The summed E-state index contributed by atoms with van der Waals surface area (Å²) in [4.78, 5) is 13.7. The fourth-order valence-electron chi connectivity index (χ4n) is 1.24. The van der Waals surface area contributed by atoms with Crippen molar-refractivity contribution in [2.45, 2.75) is 6.92 Å². The largest absolute Gasteiger partial charge is 0.288 e. The van der Waals surface area contributed by atoms with Crippen LogP contribution >= 0.6 is 11.6 Å². The first-order valence-electron chi connectivity index (χ1n) is 5.24. The Bertz CT molecular complexity index is 665. The zero-order valence-electron chi connectivity index (χ0n) is 9.82. The Kier molecular flexibility index (Phi) is 3.86. The minimum Gasteiger partial charge on any atom is -0.288 e. The van der Waals surface area contributed by atoms with E-state index in [-0.39, 0.29) is 27.8 Å². The minimum absolute atomic E-state index is 0.0549. The molecule has 0 spiro atoms. The third-order valence-electron chi connectivity index (χ3n) is 2.22. The van der Waals surface area contributed by atoms with E-state index in [1.807, 2.05) is 0 Å². The molecular formula is C11H9ClFN5O. The fourth-order valence-corrected chi connectivity index (χ4v) is 1.45. The van der Waals surface area contributed by atoms with Gasteiger partial charge in [-0.15, -0.1) is 10.2 Å². The van der Waals surface area contributed by atoms with Gasteiger partial charge in [0.25, 0.3) is 5.56 Å². The highest BCUT2D eigenvalue weighted by atomic mass is 35.5. The zero-order chi connectivity index (χ0) is 13.8. The predicted molar refractivity (Wildman–Crippen MR) is 70.0 cm³/mol. The number of hydrogen-bond acceptors (Lipinski definition) is 5. The number of halogens is 2. The van der Waals surface area contributed by atoms with Crippen LogP contribution in [0.15, 0.2) is 28.1 Å². The van der Waals surface area contributed by atoms with Crippen molar-refractivity contribution in [3.63, 3.8) is 0 Å². The summed E-state index contributed by atoms with van der Waals surface area (Å²) in [6.07, 6.45) is 1.19. The lowest BCUT2D eigenvalue weighted by molar-refractivity contribution is 0.626. The fraction of sp³-hybridized carbons (Fsp3) is 0.0909. The van der Waals surface area contributed by atoms with E-state index in [0.717, 1.165) is 0 Å². The van der Waals surface area contributed by atoms with E-state index in [9.17, 15) is 9.18 Å². The molecule has 1 heterocycles. The Morgan fingerprint density at radius 3 is 2.95 bits per heavy atom. The molecule has 0 saturated carbocycles. The van der Waals surface area contributed by atoms with Crippen LogP contribution in [-0.4, -0.2) is 21.4 Å². The van der Waals surface area contributed by atoms with Crippen LogP contribution in [0.25, 0.3) is 0 Å². The summed E-state index contributed by atoms with van der Waals surface area (Å²) < 4.78 is 13.4. The number of hydrogen-bond donors (Lipinski definition) is 2. The Morgan fingerprint density at radius 1 is 1.47 bits per heavy atom. The molecule has 19 heavy (non-hydrogen) atoms. The van der Waals surface area contributed by atoms with Crippen LogP contribution < -0.4 is 11.0 Å². The van der Waals surface area contributed by atoms with Crippen LogP contribution in [0.2, 0.25) is 5.02 Å². The first kappa shape index (κ1) is 13.2. The highest BCUT2D eigenvalue weighted by molar-refractivity contribution is 6.33. The molecule has 0 bridgehead atoms. The number of aromatic amines is 1. The maximum absolute atomic E-state index is 13.4. The number of H-pyrrole nitrogens is 1. The molecule has 0 aliphatic heterocycles. The quantitative estimate of drug-likeness (QED) is 0.663. The predicted octanol–water partition coefficient (Wildman–Crippen LogP) is 1.71. The lowest BCUT2D eigenvalue weighted by Gasteiger charge is -2.00. The van der Waals surface area contributed by atoms with Gasteiger partial charge >= 0.3 is 0 Å². The lowest BCUT2D eigenvalue weighted by atomic mass is 10.2. The average molecular weight is 282 g/mol. The maximum atomic E-state index is 13.4. The number of nitrogens with zero attached hydrogens (tertiary/aromatic N) is 3. The lowest BCUT2D eigenvalue weighted by Crippen LogP contribution is -2.15. The standard InChI is InChI=1S/C11H9ClFN5O/c1-6-10(19)15-11(18-16-6)17-14-5-7-8(12)3-2-4-9(7)13/h2-5H,1H3,(H2,15,17,18,19)/b14-5-. The van der Waals surface area contributed by atoms with Gasteiger partial charge in [-0.05, 0) is 19.1 Å². The van der Waals surface area contributed by atoms with Crippen molar-refractivity contribution < 1.29 is 4.39 Å². The molecule has 0 aliphatic rings. The molecule has 0 saturated heterocycles. The second-order valence-corrected chi connectivity index (χ2v) is 4.00. The van der Waals surface area contributed by atoms with Gasteiger partial charge in [-0.1, -0.05) is 17.7 Å². The molecule has 6 nitrogen and oxygen atoms in total. The maximum Gasteiger partial charge on any atom is 0.274 e. The summed E-state index contributed by atoms with van der Waals surface area (Å²) in [6.45, 7) is 1.53. The van der Waals surface area contributed by atoms with Crippen LogP contribution in [-0.2, 0) is 0 Å². The monoisotopic (exact) mass is 281 g/mol. The molecule has 0 fully saturated rings. The highest BCUT2D eigenvalue weighted by Crippen LogP contribution is 2.16. The molecular weight excluding hydrogens is 273 g/mol. The van der Waals surface area contributed by atoms with Crippen LogP contribution in [0.4, 0.5) is 10.3 Å². The van der Waals surface area contributed by atoms with E-state index in [0.29, 0.717) is 0 Å². The Balaban J connectivity index is 2.16. The Labute approximate surface area is 112 Å². The van der Waals surface area contributed by atoms with Gasteiger partial charge < -0.3 is 0 Å². The van der Waals surface area contributed by atoms with Gasteiger partial charge in [0.15, 0.2) is 0 Å². The van der Waals surface area contributed by atoms with E-state index < -0.39 is 5.82 Å². The van der Waals surface area contributed by atoms with E-state index in [1.54, 1.807) is 6.07 Å². The number of nitrogens with one attached hydrogen (secondary N) is 2. The SMILES string of the molecule is Cc1nnc(N/N=C\c2c(F)cccc2Cl)[nH]c1=O. The van der Waals surface area contributed by atoms with Gasteiger partial charge in [0.05, 0.1) is 11.2 Å². The van der Waals surface area contributed by atoms with Gasteiger partial charge in [0.1, 0.15) is 11.5 Å². The summed E-state index contributed by atoms with van der Waals surface area (Å²) in [7, 11) is 0. The van der Waals surface area contributed by atoms with Gasteiger partial charge in [0, 0.05) is 5.56 Å².